The summed E-state index contributed by atoms with van der Waals surface area (Å²) in [5, 5.41) is 4.14. The van der Waals surface area contributed by atoms with Crippen molar-refractivity contribution < 1.29 is 4.79 Å². The Kier molecular flexibility index (Phi) is 6.23. The number of aromatic nitrogens is 2. The van der Waals surface area contributed by atoms with Crippen LogP contribution in [0.4, 0.5) is 0 Å². The lowest BCUT2D eigenvalue weighted by atomic mass is 10.2. The maximum absolute atomic E-state index is 12.3. The third-order valence-corrected chi connectivity index (χ3v) is 4.32. The Hall–Kier alpha value is -1.36. The Balaban J connectivity index is 1.71. The van der Waals surface area contributed by atoms with Crippen LogP contribution in [0.5, 0.6) is 0 Å². The largest absolute Gasteiger partial charge is 0.344 e. The van der Waals surface area contributed by atoms with Crippen LogP contribution >= 0.6 is 0 Å². The minimum absolute atomic E-state index is 0.134. The van der Waals surface area contributed by atoms with Gasteiger partial charge in [0.15, 0.2) is 0 Å². The molecule has 0 radical (unpaired) electrons. The molecule has 0 N–H and O–H groups in total. The molecule has 1 aromatic heterocycles. The molecule has 0 saturated carbocycles. The first-order valence-corrected chi connectivity index (χ1v) is 8.15. The fraction of sp³-hybridized carbons (Fsp3) is 0.750. The molecule has 1 fully saturated rings. The van der Waals surface area contributed by atoms with E-state index in [1.165, 1.54) is 38.8 Å². The number of rotatable bonds is 6. The molecule has 5 nitrogen and oxygen atoms in total. The molecular weight excluding hydrogens is 264 g/mol. The van der Waals surface area contributed by atoms with Crippen molar-refractivity contribution in [2.45, 2.75) is 45.1 Å². The predicted octanol–water partition coefficient (Wildman–Crippen LogP) is 2.17. The highest BCUT2D eigenvalue weighted by atomic mass is 16.2. The Bertz CT molecular complexity index is 410. The summed E-state index contributed by atoms with van der Waals surface area (Å²) < 4.78 is 1.72. The number of likely N-dealkylation sites (N-methyl/N-ethyl adjacent to an activating group) is 1. The van der Waals surface area contributed by atoms with Crippen molar-refractivity contribution in [3.05, 3.63) is 18.5 Å². The van der Waals surface area contributed by atoms with E-state index in [9.17, 15) is 4.79 Å². The van der Waals surface area contributed by atoms with Crippen LogP contribution in [0.1, 0.15) is 45.1 Å². The van der Waals surface area contributed by atoms with Crippen molar-refractivity contribution in [1.82, 2.24) is 19.6 Å². The minimum atomic E-state index is -0.219. The molecule has 0 bridgehead atoms. The average molecular weight is 292 g/mol. The zero-order valence-corrected chi connectivity index (χ0v) is 13.4. The van der Waals surface area contributed by atoms with Crippen molar-refractivity contribution in [3.8, 4) is 0 Å². The van der Waals surface area contributed by atoms with Gasteiger partial charge in [-0.2, -0.15) is 5.10 Å². The Labute approximate surface area is 127 Å². The van der Waals surface area contributed by atoms with E-state index in [1.807, 2.05) is 31.1 Å². The zero-order valence-electron chi connectivity index (χ0n) is 13.4. The second-order valence-electron chi connectivity index (χ2n) is 6.03. The topological polar surface area (TPSA) is 41.4 Å². The van der Waals surface area contributed by atoms with Crippen LogP contribution in [0, 0.1) is 0 Å². The molecule has 0 spiro atoms. The van der Waals surface area contributed by atoms with Crippen LogP contribution < -0.4 is 0 Å². The molecular formula is C16H28N4O. The lowest BCUT2D eigenvalue weighted by Gasteiger charge is -2.24. The number of hydrogen-bond acceptors (Lipinski definition) is 3. The second kappa shape index (κ2) is 8.17. The zero-order chi connectivity index (χ0) is 15.1. The number of likely N-dealkylation sites (tertiary alicyclic amines) is 1. The first-order chi connectivity index (χ1) is 10.2. The summed E-state index contributed by atoms with van der Waals surface area (Å²) in [5.41, 5.74) is 0. The van der Waals surface area contributed by atoms with Crippen molar-refractivity contribution in [3.63, 3.8) is 0 Å². The van der Waals surface area contributed by atoms with Crippen LogP contribution in [0.2, 0.25) is 0 Å². The summed E-state index contributed by atoms with van der Waals surface area (Å²) in [6.07, 6.45) is 9.99. The van der Waals surface area contributed by atoms with E-state index >= 15 is 0 Å². The van der Waals surface area contributed by atoms with Gasteiger partial charge in [0, 0.05) is 26.0 Å². The highest BCUT2D eigenvalue weighted by Gasteiger charge is 2.19. The summed E-state index contributed by atoms with van der Waals surface area (Å²) in [6.45, 7) is 6.28. The van der Waals surface area contributed by atoms with Crippen molar-refractivity contribution in [2.24, 2.45) is 0 Å². The van der Waals surface area contributed by atoms with Crippen molar-refractivity contribution >= 4 is 5.91 Å². The number of amides is 1. The van der Waals surface area contributed by atoms with Gasteiger partial charge in [-0.3, -0.25) is 9.48 Å². The Morgan fingerprint density at radius 1 is 1.29 bits per heavy atom. The van der Waals surface area contributed by atoms with E-state index in [0.717, 1.165) is 19.5 Å². The molecule has 2 rings (SSSR count). The van der Waals surface area contributed by atoms with Gasteiger partial charge in [0.05, 0.1) is 0 Å². The number of nitrogens with zero attached hydrogens (tertiary/aromatic N) is 4. The van der Waals surface area contributed by atoms with Gasteiger partial charge in [0.2, 0.25) is 5.91 Å². The van der Waals surface area contributed by atoms with E-state index in [-0.39, 0.29) is 11.9 Å². The van der Waals surface area contributed by atoms with Gasteiger partial charge in [0.1, 0.15) is 6.04 Å². The summed E-state index contributed by atoms with van der Waals surface area (Å²) in [6, 6.07) is 1.63. The SMILES string of the molecule is CC(C(=O)N(C)CCCN1CCCCCC1)n1cccn1. The third kappa shape index (κ3) is 4.84. The highest BCUT2D eigenvalue weighted by Crippen LogP contribution is 2.11. The van der Waals surface area contributed by atoms with Crippen LogP contribution in [0.15, 0.2) is 18.5 Å². The highest BCUT2D eigenvalue weighted by molar-refractivity contribution is 5.79. The maximum Gasteiger partial charge on any atom is 0.246 e. The molecule has 1 atom stereocenters. The average Bonchev–Trinajstić information content (AvgIpc) is 2.90. The lowest BCUT2D eigenvalue weighted by Crippen LogP contribution is -2.36. The molecule has 0 aromatic carbocycles. The van der Waals surface area contributed by atoms with Gasteiger partial charge in [-0.1, -0.05) is 12.8 Å². The molecule has 2 heterocycles. The number of hydrogen-bond donors (Lipinski definition) is 0. The molecule has 1 amide bonds. The van der Waals surface area contributed by atoms with Gasteiger partial charge in [-0.25, -0.2) is 0 Å². The first kappa shape index (κ1) is 16.0. The summed E-state index contributed by atoms with van der Waals surface area (Å²) in [5.74, 6) is 0.134. The first-order valence-electron chi connectivity index (χ1n) is 8.15. The van der Waals surface area contributed by atoms with E-state index in [4.69, 9.17) is 0 Å². The molecule has 21 heavy (non-hydrogen) atoms. The van der Waals surface area contributed by atoms with Crippen LogP contribution in [0.25, 0.3) is 0 Å². The van der Waals surface area contributed by atoms with Gasteiger partial charge in [0.25, 0.3) is 0 Å². The molecule has 1 unspecified atom stereocenters. The molecule has 1 aromatic rings. The predicted molar refractivity (Wildman–Crippen MR) is 84.1 cm³/mol. The summed E-state index contributed by atoms with van der Waals surface area (Å²) in [7, 11) is 1.89. The third-order valence-electron chi connectivity index (χ3n) is 4.32. The fourth-order valence-electron chi connectivity index (χ4n) is 2.94. The van der Waals surface area contributed by atoms with Crippen LogP contribution in [-0.4, -0.2) is 58.7 Å². The fourth-order valence-corrected chi connectivity index (χ4v) is 2.94. The molecule has 0 aliphatic carbocycles. The van der Waals surface area contributed by atoms with E-state index in [2.05, 4.69) is 10.00 Å². The van der Waals surface area contributed by atoms with Gasteiger partial charge < -0.3 is 9.80 Å². The number of carbonyl (C=O) groups is 1. The van der Waals surface area contributed by atoms with Gasteiger partial charge in [-0.05, 0) is 51.9 Å². The Morgan fingerprint density at radius 2 is 2.00 bits per heavy atom. The van der Waals surface area contributed by atoms with Crippen LogP contribution in [-0.2, 0) is 4.79 Å². The standard InChI is InChI=1S/C16H28N4O/c1-15(20-14-7-9-17-20)16(21)18(2)10-8-13-19-11-5-3-4-6-12-19/h7,9,14-15H,3-6,8,10-13H2,1-2H3. The lowest BCUT2D eigenvalue weighted by molar-refractivity contribution is -0.133. The van der Waals surface area contributed by atoms with Crippen LogP contribution in [0.3, 0.4) is 0 Å². The normalized spacial score (nSPS) is 18.2. The van der Waals surface area contributed by atoms with E-state index < -0.39 is 0 Å². The quantitative estimate of drug-likeness (QED) is 0.807. The van der Waals surface area contributed by atoms with Crippen molar-refractivity contribution in [1.29, 1.82) is 0 Å². The monoisotopic (exact) mass is 292 g/mol. The number of carbonyl (C=O) groups excluding carboxylic acids is 1. The Morgan fingerprint density at radius 3 is 2.62 bits per heavy atom. The summed E-state index contributed by atoms with van der Waals surface area (Å²) >= 11 is 0. The maximum atomic E-state index is 12.3. The van der Waals surface area contributed by atoms with Gasteiger partial charge in [-0.15, -0.1) is 0 Å². The van der Waals surface area contributed by atoms with Gasteiger partial charge >= 0.3 is 0 Å². The van der Waals surface area contributed by atoms with E-state index in [1.54, 1.807) is 10.9 Å². The molecule has 118 valence electrons. The molecule has 1 aliphatic rings. The van der Waals surface area contributed by atoms with Crippen molar-refractivity contribution in [2.75, 3.05) is 33.2 Å². The molecule has 1 aliphatic heterocycles. The smallest absolute Gasteiger partial charge is 0.246 e. The van der Waals surface area contributed by atoms with E-state index in [0.29, 0.717) is 0 Å². The minimum Gasteiger partial charge on any atom is -0.344 e. The second-order valence-corrected chi connectivity index (χ2v) is 6.03. The molecule has 1 saturated heterocycles. The molecule has 5 heteroatoms. The summed E-state index contributed by atoms with van der Waals surface area (Å²) in [4.78, 5) is 16.7.